The molecule has 2 rings (SSSR count). The van der Waals surface area contributed by atoms with Crippen molar-refractivity contribution in [3.63, 3.8) is 0 Å². The zero-order valence-corrected chi connectivity index (χ0v) is 11.5. The molecule has 0 aliphatic rings. The summed E-state index contributed by atoms with van der Waals surface area (Å²) < 4.78 is 18.1. The first-order valence-corrected chi connectivity index (χ1v) is 6.53. The van der Waals surface area contributed by atoms with E-state index in [9.17, 15) is 14.3 Å². The molecule has 0 spiro atoms. The van der Waals surface area contributed by atoms with E-state index in [0.29, 0.717) is 18.1 Å². The van der Waals surface area contributed by atoms with E-state index in [4.69, 9.17) is 4.74 Å². The van der Waals surface area contributed by atoms with Gasteiger partial charge in [-0.25, -0.2) is 9.37 Å². The van der Waals surface area contributed by atoms with Crippen LogP contribution in [0.1, 0.15) is 24.2 Å². The Morgan fingerprint density at radius 3 is 2.67 bits per heavy atom. The molecule has 2 aromatic rings. The Hall–Kier alpha value is -2.50. The number of halogens is 1. The van der Waals surface area contributed by atoms with Crippen molar-refractivity contribution in [2.75, 3.05) is 6.61 Å². The van der Waals surface area contributed by atoms with Gasteiger partial charge in [-0.2, -0.15) is 4.98 Å². The van der Waals surface area contributed by atoms with E-state index < -0.39 is 11.9 Å². The lowest BCUT2D eigenvalue weighted by atomic mass is 9.98. The Bertz CT molecular complexity index is 617. The number of benzene rings is 1. The van der Waals surface area contributed by atoms with E-state index in [0.717, 1.165) is 0 Å². The molecule has 1 aromatic heterocycles. The topological polar surface area (TPSA) is 72.3 Å². The van der Waals surface area contributed by atoms with Gasteiger partial charge >= 0.3 is 5.97 Å². The molecule has 0 aliphatic heterocycles. The van der Waals surface area contributed by atoms with Crippen molar-refractivity contribution in [2.24, 2.45) is 0 Å². The highest BCUT2D eigenvalue weighted by Crippen LogP contribution is 2.20. The molecule has 0 fully saturated rings. The van der Waals surface area contributed by atoms with Crippen LogP contribution >= 0.6 is 0 Å². The van der Waals surface area contributed by atoms with Crippen molar-refractivity contribution in [2.45, 2.75) is 19.3 Å². The summed E-state index contributed by atoms with van der Waals surface area (Å²) in [5.74, 6) is -1.78. The summed E-state index contributed by atoms with van der Waals surface area (Å²) in [6, 6.07) is 7.27. The van der Waals surface area contributed by atoms with Gasteiger partial charge in [-0.1, -0.05) is 12.1 Å². The average molecular weight is 290 g/mol. The molecule has 21 heavy (non-hydrogen) atoms. The second-order valence-electron chi connectivity index (χ2n) is 4.41. The Kier molecular flexibility index (Phi) is 4.81. The molecule has 1 aromatic carbocycles. The summed E-state index contributed by atoms with van der Waals surface area (Å²) in [6.45, 7) is 2.25. The van der Waals surface area contributed by atoms with Gasteiger partial charge < -0.3 is 9.84 Å². The molecule has 6 heteroatoms. The lowest BCUT2D eigenvalue weighted by Gasteiger charge is -2.12. The molecule has 110 valence electrons. The van der Waals surface area contributed by atoms with Gasteiger partial charge in [0.25, 0.3) is 0 Å². The van der Waals surface area contributed by atoms with Gasteiger partial charge in [0, 0.05) is 12.3 Å². The molecule has 1 atom stereocenters. The van der Waals surface area contributed by atoms with Gasteiger partial charge in [0.15, 0.2) is 0 Å². The smallest absolute Gasteiger partial charge is 0.314 e. The molecule has 1 N–H and O–H groups in total. The molecule has 0 radical (unpaired) electrons. The lowest BCUT2D eigenvalue weighted by Crippen LogP contribution is -2.17. The number of aliphatic carboxylic acids is 1. The molecule has 0 saturated carbocycles. The van der Waals surface area contributed by atoms with E-state index in [1.54, 1.807) is 18.2 Å². The van der Waals surface area contributed by atoms with Crippen molar-refractivity contribution < 1.29 is 19.0 Å². The number of rotatable bonds is 6. The first-order valence-electron chi connectivity index (χ1n) is 6.53. The van der Waals surface area contributed by atoms with E-state index in [1.165, 1.54) is 18.3 Å². The lowest BCUT2D eigenvalue weighted by molar-refractivity contribution is -0.139. The Morgan fingerprint density at radius 1 is 1.33 bits per heavy atom. The molecular formula is C15H15FN2O3. The summed E-state index contributed by atoms with van der Waals surface area (Å²) in [7, 11) is 0. The minimum absolute atomic E-state index is 0.178. The van der Waals surface area contributed by atoms with E-state index in [-0.39, 0.29) is 18.1 Å². The second-order valence-corrected chi connectivity index (χ2v) is 4.41. The van der Waals surface area contributed by atoms with Crippen LogP contribution in [0.4, 0.5) is 4.39 Å². The standard InChI is InChI=1S/C15H15FN2O3/c1-2-21-13-7-8-17-14(18-13)12(15(19)20)9-10-3-5-11(16)6-4-10/h3-8,12H,2,9H2,1H3,(H,19,20). The van der Waals surface area contributed by atoms with Crippen molar-refractivity contribution in [3.05, 3.63) is 53.7 Å². The molecule has 1 unspecified atom stereocenters. The maximum absolute atomic E-state index is 12.9. The molecular weight excluding hydrogens is 275 g/mol. The van der Waals surface area contributed by atoms with Crippen LogP contribution in [0.2, 0.25) is 0 Å². The number of hydrogen-bond donors (Lipinski definition) is 1. The molecule has 0 amide bonds. The quantitative estimate of drug-likeness (QED) is 0.884. The Morgan fingerprint density at radius 2 is 2.05 bits per heavy atom. The average Bonchev–Trinajstić information content (AvgIpc) is 2.47. The molecule has 0 aliphatic carbocycles. The predicted molar refractivity (Wildman–Crippen MR) is 73.7 cm³/mol. The highest BCUT2D eigenvalue weighted by Gasteiger charge is 2.23. The molecule has 0 saturated heterocycles. The van der Waals surface area contributed by atoms with Gasteiger partial charge in [-0.05, 0) is 31.0 Å². The highest BCUT2D eigenvalue weighted by atomic mass is 19.1. The van der Waals surface area contributed by atoms with Gasteiger partial charge in [0.05, 0.1) is 6.61 Å². The minimum Gasteiger partial charge on any atom is -0.481 e. The van der Waals surface area contributed by atoms with Gasteiger partial charge in [0.1, 0.15) is 17.6 Å². The van der Waals surface area contributed by atoms with Crippen LogP contribution in [0.15, 0.2) is 36.5 Å². The number of carboxylic acids is 1. The Balaban J connectivity index is 2.24. The number of carbonyl (C=O) groups is 1. The fourth-order valence-corrected chi connectivity index (χ4v) is 1.90. The normalized spacial score (nSPS) is 11.9. The third-order valence-electron chi connectivity index (χ3n) is 2.90. The number of aromatic nitrogens is 2. The zero-order chi connectivity index (χ0) is 15.2. The molecule has 1 heterocycles. The van der Waals surface area contributed by atoms with Crippen LogP contribution in [-0.4, -0.2) is 27.7 Å². The van der Waals surface area contributed by atoms with Gasteiger partial charge in [0.2, 0.25) is 5.88 Å². The van der Waals surface area contributed by atoms with Crippen LogP contribution in [0, 0.1) is 5.82 Å². The summed E-state index contributed by atoms with van der Waals surface area (Å²) in [5, 5.41) is 9.37. The van der Waals surface area contributed by atoms with Crippen molar-refractivity contribution in [1.29, 1.82) is 0 Å². The van der Waals surface area contributed by atoms with Crippen LogP contribution in [0.3, 0.4) is 0 Å². The predicted octanol–water partition coefficient (Wildman–Crippen LogP) is 2.43. The summed E-state index contributed by atoms with van der Waals surface area (Å²) in [6.07, 6.45) is 1.65. The number of hydrogen-bond acceptors (Lipinski definition) is 4. The first kappa shape index (κ1) is 14.9. The largest absolute Gasteiger partial charge is 0.481 e. The van der Waals surface area contributed by atoms with E-state index >= 15 is 0 Å². The highest BCUT2D eigenvalue weighted by molar-refractivity contribution is 5.75. The van der Waals surface area contributed by atoms with Gasteiger partial charge in [-0.15, -0.1) is 0 Å². The first-order chi connectivity index (χ1) is 10.1. The maximum Gasteiger partial charge on any atom is 0.314 e. The van der Waals surface area contributed by atoms with Crippen molar-refractivity contribution >= 4 is 5.97 Å². The van der Waals surface area contributed by atoms with Crippen LogP contribution in [0.5, 0.6) is 5.88 Å². The summed E-state index contributed by atoms with van der Waals surface area (Å²) >= 11 is 0. The fourth-order valence-electron chi connectivity index (χ4n) is 1.90. The third kappa shape index (κ3) is 3.98. The summed E-state index contributed by atoms with van der Waals surface area (Å²) in [5.41, 5.74) is 0.703. The van der Waals surface area contributed by atoms with Gasteiger partial charge in [-0.3, -0.25) is 4.79 Å². The monoisotopic (exact) mass is 290 g/mol. The SMILES string of the molecule is CCOc1ccnc(C(Cc2ccc(F)cc2)C(=O)O)n1. The van der Waals surface area contributed by atoms with Crippen molar-refractivity contribution in [1.82, 2.24) is 9.97 Å². The number of nitrogens with zero attached hydrogens (tertiary/aromatic N) is 2. The van der Waals surface area contributed by atoms with Crippen LogP contribution in [-0.2, 0) is 11.2 Å². The number of carboxylic acid groups (broad SMARTS) is 1. The van der Waals surface area contributed by atoms with Crippen LogP contribution in [0.25, 0.3) is 0 Å². The summed E-state index contributed by atoms with van der Waals surface area (Å²) in [4.78, 5) is 19.6. The fraction of sp³-hybridized carbons (Fsp3) is 0.267. The van der Waals surface area contributed by atoms with E-state index in [2.05, 4.69) is 9.97 Å². The number of ether oxygens (including phenoxy) is 1. The molecule has 0 bridgehead atoms. The second kappa shape index (κ2) is 6.78. The minimum atomic E-state index is -1.03. The third-order valence-corrected chi connectivity index (χ3v) is 2.90. The maximum atomic E-state index is 12.9. The van der Waals surface area contributed by atoms with Crippen LogP contribution < -0.4 is 4.74 Å². The van der Waals surface area contributed by atoms with E-state index in [1.807, 2.05) is 6.92 Å². The van der Waals surface area contributed by atoms with Crippen molar-refractivity contribution in [3.8, 4) is 5.88 Å². The molecule has 5 nitrogen and oxygen atoms in total. The Labute approximate surface area is 121 Å². The zero-order valence-electron chi connectivity index (χ0n) is 11.5.